The Morgan fingerprint density at radius 3 is 2.46 bits per heavy atom. The molecule has 0 aliphatic heterocycles. The largest absolute Gasteiger partial charge is 0.573 e. The van der Waals surface area contributed by atoms with Crippen molar-refractivity contribution in [2.75, 3.05) is 7.11 Å². The van der Waals surface area contributed by atoms with E-state index in [1.165, 1.54) is 24.3 Å². The van der Waals surface area contributed by atoms with E-state index in [1.807, 2.05) is 25.1 Å². The first kappa shape index (κ1) is 19.4. The minimum absolute atomic E-state index is 0.225. The maximum Gasteiger partial charge on any atom is 0.573 e. The molecule has 0 amide bonds. The van der Waals surface area contributed by atoms with Gasteiger partial charge >= 0.3 is 6.36 Å². The zero-order valence-corrected chi connectivity index (χ0v) is 14.4. The number of rotatable bonds is 6. The number of aliphatic imine (C=N–C) groups is 1. The highest BCUT2D eigenvalue weighted by Crippen LogP contribution is 2.23. The van der Waals surface area contributed by atoms with Crippen molar-refractivity contribution in [1.82, 2.24) is 5.32 Å². The van der Waals surface area contributed by atoms with E-state index in [0.29, 0.717) is 12.1 Å². The lowest BCUT2D eigenvalue weighted by atomic mass is 10.1. The van der Waals surface area contributed by atoms with E-state index in [-0.39, 0.29) is 18.3 Å². The Morgan fingerprint density at radius 1 is 1.15 bits per heavy atom. The number of alkyl halides is 3. The molecule has 3 N–H and O–H groups in total. The van der Waals surface area contributed by atoms with Crippen LogP contribution in [-0.2, 0) is 13.1 Å². The Morgan fingerprint density at radius 2 is 1.85 bits per heavy atom. The van der Waals surface area contributed by atoms with Gasteiger partial charge in [-0.15, -0.1) is 13.2 Å². The van der Waals surface area contributed by atoms with Gasteiger partial charge in [0.1, 0.15) is 11.5 Å². The van der Waals surface area contributed by atoms with Crippen LogP contribution in [0.1, 0.15) is 16.7 Å². The summed E-state index contributed by atoms with van der Waals surface area (Å²) in [6, 6.07) is 11.3. The van der Waals surface area contributed by atoms with Crippen molar-refractivity contribution in [2.45, 2.75) is 26.4 Å². The summed E-state index contributed by atoms with van der Waals surface area (Å²) in [5, 5.41) is 2.98. The molecular weight excluding hydrogens is 347 g/mol. The number of hydrogen-bond donors (Lipinski definition) is 2. The minimum atomic E-state index is -4.70. The molecule has 26 heavy (non-hydrogen) atoms. The second-order valence-electron chi connectivity index (χ2n) is 5.56. The number of nitrogens with zero attached hydrogens (tertiary/aromatic N) is 1. The van der Waals surface area contributed by atoms with Crippen LogP contribution < -0.4 is 20.5 Å². The number of aryl methyl sites for hydroxylation is 1. The number of methoxy groups -OCH3 is 1. The molecule has 0 aliphatic carbocycles. The number of nitrogens with two attached hydrogens (primary N) is 1. The van der Waals surface area contributed by atoms with Gasteiger partial charge in [-0.3, -0.25) is 0 Å². The highest BCUT2D eigenvalue weighted by molar-refractivity contribution is 5.77. The monoisotopic (exact) mass is 367 g/mol. The molecule has 5 nitrogen and oxygen atoms in total. The summed E-state index contributed by atoms with van der Waals surface area (Å²) >= 11 is 0. The maximum atomic E-state index is 12.1. The molecule has 2 aromatic rings. The summed E-state index contributed by atoms with van der Waals surface area (Å²) < 4.78 is 45.5. The van der Waals surface area contributed by atoms with Gasteiger partial charge in [0.05, 0.1) is 13.7 Å². The molecular formula is C18H20F3N3O2. The van der Waals surface area contributed by atoms with Crippen molar-refractivity contribution in [3.8, 4) is 11.5 Å². The van der Waals surface area contributed by atoms with Crippen molar-refractivity contribution in [3.05, 3.63) is 59.2 Å². The maximum absolute atomic E-state index is 12.1. The number of halogens is 3. The van der Waals surface area contributed by atoms with Crippen LogP contribution in [0.4, 0.5) is 13.2 Å². The van der Waals surface area contributed by atoms with Crippen LogP contribution in [0.15, 0.2) is 47.5 Å². The molecule has 0 saturated carbocycles. The summed E-state index contributed by atoms with van der Waals surface area (Å²) in [6.07, 6.45) is -4.70. The highest BCUT2D eigenvalue weighted by atomic mass is 19.4. The Bertz CT molecular complexity index is 759. The standard InChI is InChI=1S/C18H20F3N3O2/c1-12-3-6-14(16(9-12)25-2)11-24-17(22)23-10-13-4-7-15(8-5-13)26-18(19,20)21/h3-9H,10-11H2,1-2H3,(H3,22,23,24). The normalized spacial score (nSPS) is 12.0. The van der Waals surface area contributed by atoms with Crippen LogP contribution in [0.2, 0.25) is 0 Å². The molecule has 0 aliphatic rings. The third-order valence-electron chi connectivity index (χ3n) is 3.49. The minimum Gasteiger partial charge on any atom is -0.496 e. The Labute approximate surface area is 149 Å². The van der Waals surface area contributed by atoms with Crippen LogP contribution in [0, 0.1) is 6.92 Å². The Hall–Kier alpha value is -2.90. The fraction of sp³-hybridized carbons (Fsp3) is 0.278. The summed E-state index contributed by atoms with van der Waals surface area (Å²) in [7, 11) is 1.60. The Kier molecular flexibility index (Phi) is 6.32. The van der Waals surface area contributed by atoms with Crippen molar-refractivity contribution in [1.29, 1.82) is 0 Å². The van der Waals surface area contributed by atoms with Gasteiger partial charge in [-0.1, -0.05) is 24.3 Å². The molecule has 0 atom stereocenters. The topological polar surface area (TPSA) is 68.9 Å². The molecule has 2 rings (SSSR count). The van der Waals surface area contributed by atoms with Gasteiger partial charge in [-0.2, -0.15) is 0 Å². The van der Waals surface area contributed by atoms with E-state index < -0.39 is 6.36 Å². The molecule has 0 saturated heterocycles. The fourth-order valence-corrected chi connectivity index (χ4v) is 2.21. The number of guanidine groups is 1. The molecule has 0 bridgehead atoms. The first-order valence-corrected chi connectivity index (χ1v) is 7.79. The van der Waals surface area contributed by atoms with Crippen LogP contribution in [-0.4, -0.2) is 19.4 Å². The van der Waals surface area contributed by atoms with Crippen LogP contribution in [0.5, 0.6) is 11.5 Å². The molecule has 2 aromatic carbocycles. The van der Waals surface area contributed by atoms with E-state index in [1.54, 1.807) is 7.11 Å². The van der Waals surface area contributed by atoms with Gasteiger partial charge < -0.3 is 20.5 Å². The number of nitrogens with one attached hydrogen (secondary N) is 1. The van der Waals surface area contributed by atoms with Gasteiger partial charge in [0.2, 0.25) is 0 Å². The first-order valence-electron chi connectivity index (χ1n) is 7.79. The second kappa shape index (κ2) is 8.46. The number of hydrogen-bond acceptors (Lipinski definition) is 3. The van der Waals surface area contributed by atoms with Crippen LogP contribution in [0.3, 0.4) is 0 Å². The zero-order chi connectivity index (χ0) is 19.2. The van der Waals surface area contributed by atoms with Crippen molar-refractivity contribution >= 4 is 5.96 Å². The SMILES string of the molecule is COc1cc(C)ccc1CNC(N)=NCc1ccc(OC(F)(F)F)cc1. The highest BCUT2D eigenvalue weighted by Gasteiger charge is 2.30. The van der Waals surface area contributed by atoms with Gasteiger partial charge in [0, 0.05) is 12.1 Å². The van der Waals surface area contributed by atoms with E-state index in [2.05, 4.69) is 15.0 Å². The summed E-state index contributed by atoms with van der Waals surface area (Å²) in [5.41, 5.74) is 8.56. The van der Waals surface area contributed by atoms with Crippen molar-refractivity contribution in [3.63, 3.8) is 0 Å². The first-order chi connectivity index (χ1) is 12.3. The number of benzene rings is 2. The van der Waals surface area contributed by atoms with Crippen LogP contribution in [0.25, 0.3) is 0 Å². The van der Waals surface area contributed by atoms with Gasteiger partial charge in [-0.25, -0.2) is 4.99 Å². The van der Waals surface area contributed by atoms with Gasteiger partial charge in [0.25, 0.3) is 0 Å². The smallest absolute Gasteiger partial charge is 0.496 e. The van der Waals surface area contributed by atoms with Gasteiger partial charge in [-0.05, 0) is 36.2 Å². The van der Waals surface area contributed by atoms with E-state index in [4.69, 9.17) is 10.5 Å². The summed E-state index contributed by atoms with van der Waals surface area (Å²) in [5.74, 6) is 0.705. The molecule has 0 spiro atoms. The second-order valence-corrected chi connectivity index (χ2v) is 5.56. The lowest BCUT2D eigenvalue weighted by molar-refractivity contribution is -0.274. The molecule has 0 unspecified atom stereocenters. The average Bonchev–Trinajstić information content (AvgIpc) is 2.58. The predicted molar refractivity (Wildman–Crippen MR) is 93.0 cm³/mol. The average molecular weight is 367 g/mol. The molecule has 8 heteroatoms. The molecule has 0 radical (unpaired) electrons. The zero-order valence-electron chi connectivity index (χ0n) is 14.4. The predicted octanol–water partition coefficient (Wildman–Crippen LogP) is 3.51. The number of ether oxygens (including phenoxy) is 2. The summed E-state index contributed by atoms with van der Waals surface area (Å²) in [4.78, 5) is 4.17. The lowest BCUT2D eigenvalue weighted by Gasteiger charge is -2.11. The van der Waals surface area contributed by atoms with E-state index in [9.17, 15) is 13.2 Å². The molecule has 140 valence electrons. The third kappa shape index (κ3) is 6.19. The molecule has 0 fully saturated rings. The van der Waals surface area contributed by atoms with E-state index >= 15 is 0 Å². The Balaban J connectivity index is 1.90. The van der Waals surface area contributed by atoms with E-state index in [0.717, 1.165) is 16.9 Å². The van der Waals surface area contributed by atoms with Gasteiger partial charge in [0.15, 0.2) is 5.96 Å². The fourth-order valence-electron chi connectivity index (χ4n) is 2.21. The third-order valence-corrected chi connectivity index (χ3v) is 3.49. The van der Waals surface area contributed by atoms with Crippen molar-refractivity contribution < 1.29 is 22.6 Å². The van der Waals surface area contributed by atoms with Crippen molar-refractivity contribution in [2.24, 2.45) is 10.7 Å². The summed E-state index contributed by atoms with van der Waals surface area (Å²) in [6.45, 7) is 2.65. The molecule has 0 aromatic heterocycles. The van der Waals surface area contributed by atoms with Crippen LogP contribution >= 0.6 is 0 Å². The quantitative estimate of drug-likeness (QED) is 0.606. The molecule has 0 heterocycles. The lowest BCUT2D eigenvalue weighted by Crippen LogP contribution is -2.31.